The molecular weight excluding hydrogens is 831 g/mol. The fraction of sp³-hybridized carbons (Fsp3) is 0.628. The van der Waals surface area contributed by atoms with E-state index < -0.39 is 71.4 Å². The predicted octanol–water partition coefficient (Wildman–Crippen LogP) is 5.83. The van der Waals surface area contributed by atoms with E-state index in [0.29, 0.717) is 18.0 Å². The lowest BCUT2D eigenvalue weighted by atomic mass is 9.43. The van der Waals surface area contributed by atoms with Crippen LogP contribution < -0.4 is 30.2 Å². The molecule has 3 saturated heterocycles. The van der Waals surface area contributed by atoms with Crippen molar-refractivity contribution in [2.24, 2.45) is 17.3 Å². The SMILES string of the molecule is COc1c(F)cc(C(NC(=O)N2CCN(C3CCNCC3)C2=O)C(=O)N[C@@H](Cc2ccc(F)c(C(=O)OC(C)(C)C)c2OC)B2O[C@@H]3C[C@@H]4C[C@@H](C4(C)C)[C@]3(C)O2)c(Cl)c1OC. The number of urea groups is 2. The van der Waals surface area contributed by atoms with Crippen molar-refractivity contribution in [1.29, 1.82) is 0 Å². The van der Waals surface area contributed by atoms with Gasteiger partial charge in [-0.2, -0.15) is 0 Å². The molecular formula is C43H57BClF2N5O10. The van der Waals surface area contributed by atoms with E-state index >= 15 is 8.78 Å². The number of carbonyl (C=O) groups excluding carboxylic acids is 4. The Morgan fingerprint density at radius 1 is 0.984 bits per heavy atom. The fourth-order valence-corrected chi connectivity index (χ4v) is 10.5. The first-order chi connectivity index (χ1) is 29.2. The Hall–Kier alpha value is -4.39. The third kappa shape index (κ3) is 8.27. The number of nitrogens with zero attached hydrogens (tertiary/aromatic N) is 2. The van der Waals surface area contributed by atoms with Crippen molar-refractivity contribution >= 4 is 42.7 Å². The van der Waals surface area contributed by atoms with Crippen LogP contribution in [0.25, 0.3) is 0 Å². The highest BCUT2D eigenvalue weighted by atomic mass is 35.5. The van der Waals surface area contributed by atoms with Gasteiger partial charge in [-0.1, -0.05) is 31.5 Å². The quantitative estimate of drug-likeness (QED) is 0.173. The Bertz CT molecular complexity index is 2100. The Morgan fingerprint density at radius 3 is 2.29 bits per heavy atom. The number of methoxy groups -OCH3 is 3. The monoisotopic (exact) mass is 887 g/mol. The minimum absolute atomic E-state index is 0.0230. The molecule has 2 aromatic carbocycles. The van der Waals surface area contributed by atoms with E-state index in [2.05, 4.69) is 29.8 Å². The summed E-state index contributed by atoms with van der Waals surface area (Å²) in [5.41, 5.74) is -2.05. The van der Waals surface area contributed by atoms with Gasteiger partial charge >= 0.3 is 25.1 Å². The Labute approximate surface area is 366 Å². The van der Waals surface area contributed by atoms with Gasteiger partial charge in [-0.3, -0.25) is 4.79 Å². The molecule has 5 amide bonds. The highest BCUT2D eigenvalue weighted by Crippen LogP contribution is 2.66. The zero-order valence-corrected chi connectivity index (χ0v) is 37.5. The smallest absolute Gasteiger partial charge is 0.482 e. The van der Waals surface area contributed by atoms with Gasteiger partial charge in [0.05, 0.1) is 44.0 Å². The number of halogens is 3. The van der Waals surface area contributed by atoms with Crippen LogP contribution in [-0.4, -0.2) is 118 Å². The van der Waals surface area contributed by atoms with E-state index in [4.69, 9.17) is 39.9 Å². The summed E-state index contributed by atoms with van der Waals surface area (Å²) >= 11 is 6.85. The predicted molar refractivity (Wildman–Crippen MR) is 224 cm³/mol. The van der Waals surface area contributed by atoms with Gasteiger partial charge in [0.15, 0.2) is 17.3 Å². The number of nitrogens with one attached hydrogen (secondary N) is 3. The molecule has 3 aliphatic heterocycles. The van der Waals surface area contributed by atoms with Crippen molar-refractivity contribution in [2.75, 3.05) is 47.5 Å². The van der Waals surface area contributed by atoms with Crippen LogP contribution in [0, 0.1) is 28.9 Å². The number of imide groups is 1. The number of carbonyl (C=O) groups is 4. The van der Waals surface area contributed by atoms with Gasteiger partial charge in [0.2, 0.25) is 5.91 Å². The molecule has 6 fully saturated rings. The number of amides is 5. The van der Waals surface area contributed by atoms with E-state index in [9.17, 15) is 19.2 Å². The lowest BCUT2D eigenvalue weighted by molar-refractivity contribution is -0.199. The number of hydrogen-bond acceptors (Lipinski definition) is 11. The van der Waals surface area contributed by atoms with E-state index in [-0.39, 0.29) is 64.3 Å². The van der Waals surface area contributed by atoms with Gasteiger partial charge in [0.25, 0.3) is 0 Å². The van der Waals surface area contributed by atoms with Crippen molar-refractivity contribution in [3.05, 3.63) is 51.5 Å². The fourth-order valence-electron chi connectivity index (χ4n) is 10.2. The molecule has 6 aliphatic rings. The number of rotatable bonds is 12. The molecule has 3 aliphatic carbocycles. The van der Waals surface area contributed by atoms with Crippen LogP contribution in [0.15, 0.2) is 18.2 Å². The zero-order valence-electron chi connectivity index (χ0n) is 36.7. The van der Waals surface area contributed by atoms with Crippen LogP contribution in [0.4, 0.5) is 18.4 Å². The van der Waals surface area contributed by atoms with Crippen LogP contribution in [0.2, 0.25) is 5.02 Å². The highest BCUT2D eigenvalue weighted by molar-refractivity contribution is 6.48. The molecule has 338 valence electrons. The normalized spacial score (nSPS) is 25.4. The van der Waals surface area contributed by atoms with E-state index in [0.717, 1.165) is 55.8 Å². The molecule has 1 unspecified atom stereocenters. The molecule has 15 nitrogen and oxygen atoms in total. The summed E-state index contributed by atoms with van der Waals surface area (Å²) < 4.78 is 66.6. The minimum Gasteiger partial charge on any atom is -0.495 e. The van der Waals surface area contributed by atoms with Crippen molar-refractivity contribution in [3.8, 4) is 17.2 Å². The number of benzene rings is 2. The van der Waals surface area contributed by atoms with Crippen molar-refractivity contribution in [1.82, 2.24) is 25.8 Å². The number of hydrogen-bond donors (Lipinski definition) is 3. The minimum atomic E-state index is -1.73. The molecule has 8 rings (SSSR count). The van der Waals surface area contributed by atoms with Gasteiger partial charge in [-0.25, -0.2) is 28.1 Å². The molecule has 2 aromatic rings. The molecule has 0 aromatic heterocycles. The second-order valence-corrected chi connectivity index (χ2v) is 19.0. The van der Waals surface area contributed by atoms with Gasteiger partial charge in [0, 0.05) is 24.7 Å². The van der Waals surface area contributed by atoms with Crippen LogP contribution in [0.3, 0.4) is 0 Å². The van der Waals surface area contributed by atoms with Crippen LogP contribution in [0.5, 0.6) is 17.2 Å². The number of esters is 1. The average Bonchev–Trinajstić information content (AvgIpc) is 3.79. The largest absolute Gasteiger partial charge is 0.495 e. The summed E-state index contributed by atoms with van der Waals surface area (Å²) in [6.45, 7) is 13.2. The maximum Gasteiger partial charge on any atom is 0.482 e. The van der Waals surface area contributed by atoms with E-state index in [1.807, 2.05) is 6.92 Å². The third-order valence-electron chi connectivity index (χ3n) is 13.5. The number of piperidine rings is 1. The maximum absolute atomic E-state index is 15.8. The van der Waals surface area contributed by atoms with Crippen LogP contribution in [-0.2, 0) is 25.3 Å². The highest BCUT2D eigenvalue weighted by Gasteiger charge is 2.68. The molecule has 0 spiro atoms. The lowest BCUT2D eigenvalue weighted by Gasteiger charge is -2.64. The summed E-state index contributed by atoms with van der Waals surface area (Å²) in [5.74, 6) is -4.88. The van der Waals surface area contributed by atoms with Gasteiger partial charge in [-0.05, 0) is 108 Å². The molecule has 2 bridgehead atoms. The van der Waals surface area contributed by atoms with Crippen molar-refractivity contribution in [3.63, 3.8) is 0 Å². The summed E-state index contributed by atoms with van der Waals surface area (Å²) in [7, 11) is 2.66. The van der Waals surface area contributed by atoms with E-state index in [1.165, 1.54) is 27.4 Å². The van der Waals surface area contributed by atoms with Gasteiger partial charge in [0.1, 0.15) is 28.8 Å². The Balaban J connectivity index is 1.26. The summed E-state index contributed by atoms with van der Waals surface area (Å²) in [4.78, 5) is 58.9. The molecule has 3 heterocycles. The van der Waals surface area contributed by atoms with Crippen molar-refractivity contribution < 1.29 is 56.2 Å². The topological polar surface area (TPSA) is 166 Å². The summed E-state index contributed by atoms with van der Waals surface area (Å²) in [5, 5.41) is 8.66. The summed E-state index contributed by atoms with van der Waals surface area (Å²) in [6, 6.07) is 0.267. The Kier molecular flexibility index (Phi) is 12.7. The van der Waals surface area contributed by atoms with Crippen molar-refractivity contribution in [2.45, 2.75) is 109 Å². The second kappa shape index (κ2) is 17.3. The second-order valence-electron chi connectivity index (χ2n) is 18.6. The Morgan fingerprint density at radius 2 is 1.66 bits per heavy atom. The molecule has 62 heavy (non-hydrogen) atoms. The van der Waals surface area contributed by atoms with Gasteiger partial charge in [-0.15, -0.1) is 0 Å². The summed E-state index contributed by atoms with van der Waals surface area (Å²) in [6.07, 6.45) is 2.63. The maximum atomic E-state index is 15.8. The van der Waals surface area contributed by atoms with Crippen LogP contribution >= 0.6 is 11.6 Å². The molecule has 3 saturated carbocycles. The number of ether oxygens (including phenoxy) is 4. The standard InChI is InChI=1S/C43H57BClF2N5O10/c1-41(2,3)60-38(54)31-26(46)11-10-22(34(31)57-7)18-30(44-61-29-20-23-19-28(42(23,4)5)43(29,6)62-44)49-37(53)33(25-21-27(47)35(58-8)36(59-9)32(25)45)50-39(55)52-17-16-51(40(52)56)24-12-14-48-15-13-24/h10-11,21,23-24,28-30,33,48H,12-20H2,1-9H3,(H,49,53)(H,50,55)/t23-,28-,29+,30-,33?,43-/m0/s1. The first-order valence-corrected chi connectivity index (χ1v) is 21.5. The molecule has 3 N–H and O–H groups in total. The van der Waals surface area contributed by atoms with E-state index in [1.54, 1.807) is 25.7 Å². The molecule has 19 heteroatoms. The van der Waals surface area contributed by atoms with Crippen LogP contribution in [0.1, 0.15) is 94.8 Å². The average molecular weight is 888 g/mol. The molecule has 0 radical (unpaired) electrons. The molecule has 6 atom stereocenters. The first kappa shape index (κ1) is 45.6. The first-order valence-electron chi connectivity index (χ1n) is 21.2. The lowest BCUT2D eigenvalue weighted by Crippen LogP contribution is -2.65. The van der Waals surface area contributed by atoms with Gasteiger partial charge < -0.3 is 49.1 Å². The third-order valence-corrected chi connectivity index (χ3v) is 13.9. The zero-order chi connectivity index (χ0) is 45.1.